The van der Waals surface area contributed by atoms with Crippen molar-refractivity contribution in [3.05, 3.63) is 0 Å². The first-order valence-corrected chi connectivity index (χ1v) is 5.41. The minimum Gasteiger partial charge on any atom is -0.0925 e. The van der Waals surface area contributed by atoms with E-state index in [1.807, 2.05) is 0 Å². The third-order valence-corrected chi connectivity index (χ3v) is 2.21. The number of hydrogen-bond donors (Lipinski definition) is 0. The molecule has 9 heteroatoms. The van der Waals surface area contributed by atoms with E-state index in [9.17, 15) is 0 Å². The fourth-order valence-electron chi connectivity index (χ4n) is 1.38. The molecule has 0 rings (SSSR count). The molecule has 50 valence electrons. The first kappa shape index (κ1) is 11.6. The van der Waals surface area contributed by atoms with Gasteiger partial charge in [-0.3, -0.25) is 0 Å². The Labute approximate surface area is 78.2 Å². The largest absolute Gasteiger partial charge is 0.0925 e. The van der Waals surface area contributed by atoms with Gasteiger partial charge in [0.15, 0.2) is 0 Å². The summed E-state index contributed by atoms with van der Waals surface area (Å²) in [4.78, 5) is 0. The lowest BCUT2D eigenvalue weighted by atomic mass is 8.98. The van der Waals surface area contributed by atoms with Crippen LogP contribution in [0.4, 0.5) is 0 Å². The van der Waals surface area contributed by atoms with Crippen LogP contribution in [-0.2, 0) is 0 Å². The Kier molecular flexibility index (Phi) is 11.1. The highest BCUT2D eigenvalue weighted by atomic mass is 13.5. The maximum absolute atomic E-state index is 2.27. The summed E-state index contributed by atoms with van der Waals surface area (Å²) in [6.45, 7) is 0. The molecule has 0 aliphatic rings. The summed E-state index contributed by atoms with van der Waals surface area (Å²) in [6.07, 6.45) is 2.93. The Bertz CT molecular complexity index is 56.6. The van der Waals surface area contributed by atoms with E-state index in [4.69, 9.17) is 0 Å². The van der Waals surface area contributed by atoms with Crippen LogP contribution in [0.15, 0.2) is 0 Å². The van der Waals surface area contributed by atoms with Gasteiger partial charge in [0.2, 0.25) is 0 Å². The molecule has 11 heavy (non-hydrogen) atoms. The molecule has 0 aliphatic carbocycles. The molecule has 0 radical (unpaired) electrons. The van der Waals surface area contributed by atoms with E-state index < -0.39 is 0 Å². The molecular weight excluding hydrogens is 121 g/mol. The van der Waals surface area contributed by atoms with Crippen molar-refractivity contribution in [2.45, 2.75) is 12.6 Å². The van der Waals surface area contributed by atoms with Gasteiger partial charge in [0, 0.05) is 28.2 Å². The molecule has 0 saturated carbocycles. The van der Waals surface area contributed by atoms with Crippen LogP contribution in [-0.4, -0.2) is 65.1 Å². The van der Waals surface area contributed by atoms with Gasteiger partial charge in [-0.15, -0.1) is 0 Å². The summed E-state index contributed by atoms with van der Waals surface area (Å²) < 4.78 is 0. The van der Waals surface area contributed by atoms with Gasteiger partial charge >= 0.3 is 0 Å². The monoisotopic (exact) mass is 138 g/mol. The van der Waals surface area contributed by atoms with Crippen LogP contribution in [0.5, 0.6) is 0 Å². The van der Waals surface area contributed by atoms with Crippen molar-refractivity contribution in [3.8, 4) is 0 Å². The van der Waals surface area contributed by atoms with Gasteiger partial charge in [0.05, 0.1) is 36.9 Å². The smallest absolute Gasteiger partial charge is 0.0771 e. The lowest BCUT2D eigenvalue weighted by molar-refractivity contribution is 1.45. The summed E-state index contributed by atoms with van der Waals surface area (Å²) in [7, 11) is 14.6. The predicted molar refractivity (Wildman–Crippen MR) is 76.7 cm³/mol. The SMILES string of the molecule is BBBBBBCCBBB. The molecular formula is C2H15B9. The molecule has 0 fully saturated rings. The molecule has 0 atom stereocenters. The molecule has 0 saturated heterocycles. The Morgan fingerprint density at radius 3 is 2.09 bits per heavy atom. The minimum atomic E-state index is 1.37. The summed E-state index contributed by atoms with van der Waals surface area (Å²) >= 11 is 0. The molecule has 0 aromatic heterocycles. The first-order valence-electron chi connectivity index (χ1n) is 5.41. The van der Waals surface area contributed by atoms with Crippen LogP contribution < -0.4 is 0 Å². The third-order valence-electron chi connectivity index (χ3n) is 2.21. The van der Waals surface area contributed by atoms with E-state index in [0.29, 0.717) is 0 Å². The molecule has 0 amide bonds. The molecule has 0 aromatic carbocycles. The summed E-state index contributed by atoms with van der Waals surface area (Å²) in [5, 5.41) is 0. The predicted octanol–water partition coefficient (Wildman–Crippen LogP) is -5.45. The lowest BCUT2D eigenvalue weighted by Crippen LogP contribution is -2.23. The zero-order chi connectivity index (χ0) is 8.36. The molecule has 0 unspecified atom stereocenters. The van der Waals surface area contributed by atoms with E-state index in [-0.39, 0.29) is 0 Å². The van der Waals surface area contributed by atoms with Gasteiger partial charge in [0.1, 0.15) is 0 Å². The molecule has 0 aliphatic heterocycles. The van der Waals surface area contributed by atoms with E-state index in [1.165, 1.54) is 62.3 Å². The fraction of sp³-hybridized carbons (Fsp3) is 1.00. The Morgan fingerprint density at radius 2 is 1.45 bits per heavy atom. The van der Waals surface area contributed by atoms with E-state index in [0.717, 1.165) is 0 Å². The highest BCUT2D eigenvalue weighted by Crippen LogP contribution is 1.84. The summed E-state index contributed by atoms with van der Waals surface area (Å²) in [6, 6.07) is 0. The van der Waals surface area contributed by atoms with Crippen molar-refractivity contribution < 1.29 is 0 Å². The van der Waals surface area contributed by atoms with Crippen LogP contribution in [0, 0.1) is 0 Å². The van der Waals surface area contributed by atoms with Crippen LogP contribution in [0.1, 0.15) is 0 Å². The molecule has 0 aromatic rings. The van der Waals surface area contributed by atoms with E-state index in [1.54, 1.807) is 0 Å². The molecule has 0 N–H and O–H groups in total. The second kappa shape index (κ2) is 10.6. The van der Waals surface area contributed by atoms with Crippen molar-refractivity contribution in [1.29, 1.82) is 0 Å². The fourth-order valence-corrected chi connectivity index (χ4v) is 1.38. The zero-order valence-electron chi connectivity index (χ0n) is 8.36. The van der Waals surface area contributed by atoms with Crippen LogP contribution in [0.25, 0.3) is 0 Å². The summed E-state index contributed by atoms with van der Waals surface area (Å²) in [5.74, 6) is 0. The Balaban J connectivity index is 2.69. The highest BCUT2D eigenvalue weighted by Gasteiger charge is 1.96. The number of rotatable bonds is 8. The van der Waals surface area contributed by atoms with Crippen molar-refractivity contribution in [1.82, 2.24) is 0 Å². The maximum Gasteiger partial charge on any atom is 0.0771 e. The molecule has 0 spiro atoms. The maximum atomic E-state index is 2.27. The average Bonchev–Trinajstić information content (AvgIpc) is 2.03. The average molecular weight is 136 g/mol. The van der Waals surface area contributed by atoms with E-state index >= 15 is 0 Å². The van der Waals surface area contributed by atoms with Crippen LogP contribution in [0.2, 0.25) is 12.6 Å². The quantitative estimate of drug-likeness (QED) is 0.231. The van der Waals surface area contributed by atoms with Crippen molar-refractivity contribution >= 4 is 65.1 Å². The molecule has 0 heterocycles. The van der Waals surface area contributed by atoms with Gasteiger partial charge in [-0.1, -0.05) is 12.6 Å². The lowest BCUT2D eigenvalue weighted by Gasteiger charge is -1.92. The first-order chi connectivity index (χ1) is 5.41. The molecule has 0 nitrogen and oxygen atoms in total. The van der Waals surface area contributed by atoms with Gasteiger partial charge < -0.3 is 0 Å². The highest BCUT2D eigenvalue weighted by molar-refractivity contribution is 7.57. The van der Waals surface area contributed by atoms with Crippen molar-refractivity contribution in [3.63, 3.8) is 0 Å². The van der Waals surface area contributed by atoms with Crippen molar-refractivity contribution in [2.75, 3.05) is 0 Å². The minimum absolute atomic E-state index is 1.37. The standard InChI is InChI=1S/C2H15B9/c3-7-5-1-2-6-9-11-10-8-4/h5-11H,1-4H2. The third kappa shape index (κ3) is 10.6. The van der Waals surface area contributed by atoms with Gasteiger partial charge in [-0.25, -0.2) is 0 Å². The Hall–Kier alpha value is 0.584. The second-order valence-corrected chi connectivity index (χ2v) is 3.47. The van der Waals surface area contributed by atoms with Crippen LogP contribution in [0.3, 0.4) is 0 Å². The second-order valence-electron chi connectivity index (χ2n) is 3.47. The zero-order valence-corrected chi connectivity index (χ0v) is 8.36. The Morgan fingerprint density at radius 1 is 0.727 bits per heavy atom. The normalized spacial score (nSPS) is 7.64. The van der Waals surface area contributed by atoms with Crippen molar-refractivity contribution in [2.24, 2.45) is 0 Å². The topological polar surface area (TPSA) is 0 Å². The van der Waals surface area contributed by atoms with Gasteiger partial charge in [-0.2, -0.15) is 0 Å². The number of hydrogen-bond acceptors (Lipinski definition) is 0. The summed E-state index contributed by atoms with van der Waals surface area (Å²) in [5.41, 5.74) is 0. The molecule has 0 bridgehead atoms. The van der Waals surface area contributed by atoms with E-state index in [2.05, 4.69) is 15.5 Å². The van der Waals surface area contributed by atoms with Gasteiger partial charge in [-0.05, 0) is 0 Å². The van der Waals surface area contributed by atoms with Gasteiger partial charge in [0.25, 0.3) is 0 Å². The van der Waals surface area contributed by atoms with Crippen LogP contribution >= 0.6 is 0 Å².